The molecular formula is C20H23NO4. The lowest BCUT2D eigenvalue weighted by Gasteiger charge is -2.10. The summed E-state index contributed by atoms with van der Waals surface area (Å²) in [6.07, 6.45) is 0.788. The minimum absolute atomic E-state index is 0.106. The highest BCUT2D eigenvalue weighted by molar-refractivity contribution is 5.92. The van der Waals surface area contributed by atoms with Crippen LogP contribution in [0, 0.1) is 0 Å². The molecule has 0 aliphatic carbocycles. The molecule has 0 aliphatic rings. The van der Waals surface area contributed by atoms with Gasteiger partial charge in [0.25, 0.3) is 5.91 Å². The second kappa shape index (κ2) is 8.87. The Morgan fingerprint density at radius 3 is 2.20 bits per heavy atom. The molecule has 0 bridgehead atoms. The first kappa shape index (κ1) is 18.5. The van der Waals surface area contributed by atoms with Crippen molar-refractivity contribution in [2.24, 2.45) is 0 Å². The molecule has 0 unspecified atom stereocenters. The summed E-state index contributed by atoms with van der Waals surface area (Å²) in [6.45, 7) is 5.56. The molecule has 25 heavy (non-hydrogen) atoms. The zero-order valence-electron chi connectivity index (χ0n) is 14.7. The lowest BCUT2D eigenvalue weighted by atomic mass is 10.1. The lowest BCUT2D eigenvalue weighted by Crippen LogP contribution is -2.20. The third kappa shape index (κ3) is 5.95. The number of aryl methyl sites for hydroxylation is 1. The molecule has 1 N–H and O–H groups in total. The first-order valence-electron chi connectivity index (χ1n) is 8.30. The maximum Gasteiger partial charge on any atom is 0.338 e. The zero-order valence-corrected chi connectivity index (χ0v) is 14.7. The van der Waals surface area contributed by atoms with Gasteiger partial charge in [-0.3, -0.25) is 4.79 Å². The maximum atomic E-state index is 11.9. The molecule has 0 radical (unpaired) electrons. The Balaban J connectivity index is 1.83. The standard InChI is InChI=1S/C20H23NO4/c1-4-15-5-9-17(10-6-15)21-19(22)13-24-18-11-7-16(8-12-18)20(23)25-14(2)3/h5-12,14H,4,13H2,1-3H3,(H,21,22). The second-order valence-electron chi connectivity index (χ2n) is 5.87. The monoisotopic (exact) mass is 341 g/mol. The molecule has 132 valence electrons. The Labute approximate surface area is 148 Å². The number of esters is 1. The summed E-state index contributed by atoms with van der Waals surface area (Å²) in [4.78, 5) is 23.7. The smallest absolute Gasteiger partial charge is 0.338 e. The van der Waals surface area contributed by atoms with Crippen molar-refractivity contribution in [3.63, 3.8) is 0 Å². The minimum Gasteiger partial charge on any atom is -0.484 e. The van der Waals surface area contributed by atoms with Gasteiger partial charge in [0.15, 0.2) is 6.61 Å². The zero-order chi connectivity index (χ0) is 18.2. The van der Waals surface area contributed by atoms with Crippen LogP contribution < -0.4 is 10.1 Å². The first-order valence-corrected chi connectivity index (χ1v) is 8.30. The van der Waals surface area contributed by atoms with Gasteiger partial charge in [-0.05, 0) is 62.2 Å². The van der Waals surface area contributed by atoms with E-state index in [1.54, 1.807) is 38.1 Å². The van der Waals surface area contributed by atoms with Crippen molar-refractivity contribution in [2.45, 2.75) is 33.3 Å². The predicted molar refractivity (Wildman–Crippen MR) is 96.9 cm³/mol. The number of carbonyl (C=O) groups excluding carboxylic acids is 2. The van der Waals surface area contributed by atoms with E-state index in [0.717, 1.165) is 12.1 Å². The Hall–Kier alpha value is -2.82. The fourth-order valence-corrected chi connectivity index (χ4v) is 2.14. The van der Waals surface area contributed by atoms with Crippen molar-refractivity contribution >= 4 is 17.6 Å². The highest BCUT2D eigenvalue weighted by atomic mass is 16.5. The number of amides is 1. The van der Waals surface area contributed by atoms with Crippen molar-refractivity contribution in [2.75, 3.05) is 11.9 Å². The van der Waals surface area contributed by atoms with Gasteiger partial charge in [0.05, 0.1) is 11.7 Å². The van der Waals surface area contributed by atoms with Crippen LogP contribution in [-0.4, -0.2) is 24.6 Å². The van der Waals surface area contributed by atoms with Crippen LogP contribution in [0.1, 0.15) is 36.7 Å². The summed E-state index contributed by atoms with van der Waals surface area (Å²) in [5, 5.41) is 2.78. The molecule has 0 aromatic heterocycles. The van der Waals surface area contributed by atoms with Crippen LogP contribution in [0.3, 0.4) is 0 Å². The number of ether oxygens (including phenoxy) is 2. The molecule has 0 saturated heterocycles. The number of carbonyl (C=O) groups is 2. The number of anilines is 1. The van der Waals surface area contributed by atoms with Crippen molar-refractivity contribution in [1.82, 2.24) is 0 Å². The van der Waals surface area contributed by atoms with E-state index < -0.39 is 0 Å². The van der Waals surface area contributed by atoms with E-state index in [-0.39, 0.29) is 24.6 Å². The van der Waals surface area contributed by atoms with E-state index in [9.17, 15) is 9.59 Å². The molecule has 2 aromatic rings. The fourth-order valence-electron chi connectivity index (χ4n) is 2.14. The van der Waals surface area contributed by atoms with Crippen molar-refractivity contribution < 1.29 is 19.1 Å². The molecule has 0 atom stereocenters. The summed E-state index contributed by atoms with van der Waals surface area (Å²) >= 11 is 0. The van der Waals surface area contributed by atoms with Gasteiger partial charge in [0.1, 0.15) is 5.75 Å². The summed E-state index contributed by atoms with van der Waals surface area (Å²) in [7, 11) is 0. The molecule has 2 rings (SSSR count). The molecule has 0 saturated carbocycles. The summed E-state index contributed by atoms with van der Waals surface area (Å²) in [5.74, 6) is -0.111. The highest BCUT2D eigenvalue weighted by Crippen LogP contribution is 2.14. The largest absolute Gasteiger partial charge is 0.484 e. The number of nitrogens with one attached hydrogen (secondary N) is 1. The van der Waals surface area contributed by atoms with Crippen molar-refractivity contribution in [3.05, 3.63) is 59.7 Å². The Morgan fingerprint density at radius 2 is 1.64 bits per heavy atom. The highest BCUT2D eigenvalue weighted by Gasteiger charge is 2.09. The fraction of sp³-hybridized carbons (Fsp3) is 0.300. The van der Waals surface area contributed by atoms with Gasteiger partial charge >= 0.3 is 5.97 Å². The molecule has 0 spiro atoms. The van der Waals surface area contributed by atoms with Crippen LogP contribution in [0.2, 0.25) is 0 Å². The molecule has 0 heterocycles. The molecule has 2 aromatic carbocycles. The van der Waals surface area contributed by atoms with Crippen LogP contribution in [0.5, 0.6) is 5.75 Å². The lowest BCUT2D eigenvalue weighted by molar-refractivity contribution is -0.118. The van der Waals surface area contributed by atoms with Crippen LogP contribution in [0.4, 0.5) is 5.69 Å². The molecule has 5 heteroatoms. The third-order valence-corrected chi connectivity index (χ3v) is 3.45. The molecule has 0 fully saturated rings. The van der Waals surface area contributed by atoms with E-state index in [2.05, 4.69) is 12.2 Å². The number of hydrogen-bond donors (Lipinski definition) is 1. The quantitative estimate of drug-likeness (QED) is 0.777. The van der Waals surface area contributed by atoms with Gasteiger partial charge in [-0.25, -0.2) is 4.79 Å². The number of benzene rings is 2. The normalized spacial score (nSPS) is 10.4. The van der Waals surface area contributed by atoms with E-state index in [4.69, 9.17) is 9.47 Å². The SMILES string of the molecule is CCc1ccc(NC(=O)COc2ccc(C(=O)OC(C)C)cc2)cc1. The average molecular weight is 341 g/mol. The first-order chi connectivity index (χ1) is 12.0. The predicted octanol–water partition coefficient (Wildman–Crippen LogP) is 3.83. The summed E-state index contributed by atoms with van der Waals surface area (Å²) < 4.78 is 10.5. The van der Waals surface area contributed by atoms with E-state index >= 15 is 0 Å². The maximum absolute atomic E-state index is 11.9. The molecule has 5 nitrogen and oxygen atoms in total. The summed E-state index contributed by atoms with van der Waals surface area (Å²) in [5.41, 5.74) is 2.39. The van der Waals surface area contributed by atoms with Crippen LogP contribution in [-0.2, 0) is 16.0 Å². The van der Waals surface area contributed by atoms with Crippen LogP contribution >= 0.6 is 0 Å². The third-order valence-electron chi connectivity index (χ3n) is 3.45. The topological polar surface area (TPSA) is 64.6 Å². The Kier molecular flexibility index (Phi) is 6.57. The van der Waals surface area contributed by atoms with E-state index in [1.807, 2.05) is 24.3 Å². The van der Waals surface area contributed by atoms with Crippen LogP contribution in [0.15, 0.2) is 48.5 Å². The van der Waals surface area contributed by atoms with Gasteiger partial charge in [0, 0.05) is 5.69 Å². The second-order valence-corrected chi connectivity index (χ2v) is 5.87. The van der Waals surface area contributed by atoms with Gasteiger partial charge < -0.3 is 14.8 Å². The van der Waals surface area contributed by atoms with Crippen molar-refractivity contribution in [1.29, 1.82) is 0 Å². The molecule has 0 aliphatic heterocycles. The number of hydrogen-bond acceptors (Lipinski definition) is 4. The van der Waals surface area contributed by atoms with Crippen LogP contribution in [0.25, 0.3) is 0 Å². The molecular weight excluding hydrogens is 318 g/mol. The number of rotatable bonds is 7. The average Bonchev–Trinajstić information content (AvgIpc) is 2.60. The Bertz CT molecular complexity index is 705. The van der Waals surface area contributed by atoms with E-state index in [1.165, 1.54) is 5.56 Å². The Morgan fingerprint density at radius 1 is 1.00 bits per heavy atom. The van der Waals surface area contributed by atoms with Crippen molar-refractivity contribution in [3.8, 4) is 5.75 Å². The van der Waals surface area contributed by atoms with Gasteiger partial charge in [0.2, 0.25) is 0 Å². The van der Waals surface area contributed by atoms with Gasteiger partial charge in [-0.1, -0.05) is 19.1 Å². The molecule has 1 amide bonds. The minimum atomic E-state index is -0.380. The van der Waals surface area contributed by atoms with Gasteiger partial charge in [-0.15, -0.1) is 0 Å². The summed E-state index contributed by atoms with van der Waals surface area (Å²) in [6, 6.07) is 14.2. The van der Waals surface area contributed by atoms with Gasteiger partial charge in [-0.2, -0.15) is 0 Å². The van der Waals surface area contributed by atoms with E-state index in [0.29, 0.717) is 11.3 Å².